The summed E-state index contributed by atoms with van der Waals surface area (Å²) in [4.78, 5) is 18.7. The molecule has 2 amide bonds. The average molecular weight is 259 g/mol. The number of anilines is 1. The van der Waals surface area contributed by atoms with Gasteiger partial charge in [0.25, 0.3) is 0 Å². The zero-order chi connectivity index (χ0) is 13.1. The minimum Gasteiger partial charge on any atom is -0.337 e. The first-order valence-corrected chi connectivity index (χ1v) is 7.32. The fraction of sp³-hybridized carbons (Fsp3) is 0.600. The molecule has 0 radical (unpaired) electrons. The lowest BCUT2D eigenvalue weighted by atomic mass is 10.2. The van der Waals surface area contributed by atoms with Crippen molar-refractivity contribution in [3.05, 3.63) is 24.4 Å². The molecule has 2 fully saturated rings. The Balaban J connectivity index is 1.72. The summed E-state index contributed by atoms with van der Waals surface area (Å²) in [5.74, 6) is 1.49. The van der Waals surface area contributed by atoms with Gasteiger partial charge >= 0.3 is 6.03 Å². The SMILES string of the molecule is O=C(NCC1CC1)N(c1ccccn1)C1CCCC1. The van der Waals surface area contributed by atoms with Crippen LogP contribution in [0.25, 0.3) is 0 Å². The molecule has 102 valence electrons. The van der Waals surface area contributed by atoms with Gasteiger partial charge in [0.05, 0.1) is 0 Å². The van der Waals surface area contributed by atoms with Crippen molar-refractivity contribution >= 4 is 11.8 Å². The molecule has 1 aromatic rings. The maximum Gasteiger partial charge on any atom is 0.323 e. The maximum absolute atomic E-state index is 12.4. The molecule has 1 N–H and O–H groups in total. The number of rotatable bonds is 4. The second kappa shape index (κ2) is 5.59. The molecule has 2 aliphatic carbocycles. The highest BCUT2D eigenvalue weighted by molar-refractivity contribution is 5.91. The second-order valence-corrected chi connectivity index (χ2v) is 5.63. The van der Waals surface area contributed by atoms with Crippen LogP contribution in [-0.4, -0.2) is 23.6 Å². The van der Waals surface area contributed by atoms with Crippen molar-refractivity contribution in [2.75, 3.05) is 11.4 Å². The number of nitrogens with zero attached hydrogens (tertiary/aromatic N) is 2. The van der Waals surface area contributed by atoms with Crippen LogP contribution in [0, 0.1) is 5.92 Å². The number of urea groups is 1. The predicted molar refractivity (Wildman–Crippen MR) is 75.1 cm³/mol. The van der Waals surface area contributed by atoms with E-state index in [1.807, 2.05) is 23.1 Å². The van der Waals surface area contributed by atoms with E-state index in [0.717, 1.165) is 25.2 Å². The molecule has 4 nitrogen and oxygen atoms in total. The first kappa shape index (κ1) is 12.5. The minimum absolute atomic E-state index is 0.0255. The van der Waals surface area contributed by atoms with Crippen LogP contribution in [0.15, 0.2) is 24.4 Å². The van der Waals surface area contributed by atoms with E-state index in [0.29, 0.717) is 12.0 Å². The Kier molecular flexibility index (Phi) is 3.67. The van der Waals surface area contributed by atoms with E-state index in [4.69, 9.17) is 0 Å². The van der Waals surface area contributed by atoms with Gasteiger partial charge in [-0.25, -0.2) is 9.78 Å². The average Bonchev–Trinajstić information content (AvgIpc) is 3.13. The number of pyridine rings is 1. The van der Waals surface area contributed by atoms with Gasteiger partial charge in [-0.2, -0.15) is 0 Å². The molecule has 3 rings (SSSR count). The van der Waals surface area contributed by atoms with Crippen LogP contribution in [0.5, 0.6) is 0 Å². The molecular formula is C15H21N3O. The molecule has 0 aromatic carbocycles. The van der Waals surface area contributed by atoms with Crippen molar-refractivity contribution in [2.45, 2.75) is 44.6 Å². The monoisotopic (exact) mass is 259 g/mol. The number of carbonyl (C=O) groups is 1. The Morgan fingerprint density at radius 2 is 2.05 bits per heavy atom. The van der Waals surface area contributed by atoms with Crippen LogP contribution in [0.3, 0.4) is 0 Å². The van der Waals surface area contributed by atoms with Crippen molar-refractivity contribution in [3.63, 3.8) is 0 Å². The first-order valence-electron chi connectivity index (χ1n) is 7.32. The summed E-state index contributed by atoms with van der Waals surface area (Å²) in [5.41, 5.74) is 0. The molecule has 1 heterocycles. The van der Waals surface area contributed by atoms with Gasteiger partial charge in [0.1, 0.15) is 5.82 Å². The number of hydrogen-bond donors (Lipinski definition) is 1. The Labute approximate surface area is 114 Å². The summed E-state index contributed by atoms with van der Waals surface area (Å²) in [7, 11) is 0. The molecule has 0 atom stereocenters. The van der Waals surface area contributed by atoms with Gasteiger partial charge in [-0.1, -0.05) is 18.9 Å². The normalized spacial score (nSPS) is 19.4. The van der Waals surface area contributed by atoms with Crippen molar-refractivity contribution in [1.82, 2.24) is 10.3 Å². The Bertz CT molecular complexity index is 424. The molecule has 0 unspecified atom stereocenters. The van der Waals surface area contributed by atoms with Gasteiger partial charge < -0.3 is 5.32 Å². The van der Waals surface area contributed by atoms with Crippen molar-refractivity contribution in [1.29, 1.82) is 0 Å². The van der Waals surface area contributed by atoms with Gasteiger partial charge in [-0.05, 0) is 43.7 Å². The zero-order valence-corrected chi connectivity index (χ0v) is 11.2. The molecule has 19 heavy (non-hydrogen) atoms. The summed E-state index contributed by atoms with van der Waals surface area (Å²) in [5, 5.41) is 3.07. The standard InChI is InChI=1S/C15H21N3O/c19-15(17-11-12-8-9-12)18(13-5-1-2-6-13)14-7-3-4-10-16-14/h3-4,7,10,12-13H,1-2,5-6,8-9,11H2,(H,17,19). The molecule has 1 aromatic heterocycles. The van der Waals surface area contributed by atoms with Gasteiger partial charge in [-0.15, -0.1) is 0 Å². The lowest BCUT2D eigenvalue weighted by molar-refractivity contribution is 0.243. The Morgan fingerprint density at radius 1 is 1.26 bits per heavy atom. The first-order chi connectivity index (χ1) is 9.34. The topological polar surface area (TPSA) is 45.2 Å². The van der Waals surface area contributed by atoms with Crippen LogP contribution < -0.4 is 10.2 Å². The highest BCUT2D eigenvalue weighted by Gasteiger charge is 2.30. The van der Waals surface area contributed by atoms with Crippen LogP contribution >= 0.6 is 0 Å². The fourth-order valence-electron chi connectivity index (χ4n) is 2.75. The number of nitrogens with one attached hydrogen (secondary N) is 1. The van der Waals surface area contributed by atoms with Gasteiger partial charge in [0.15, 0.2) is 0 Å². The van der Waals surface area contributed by atoms with E-state index in [1.165, 1.54) is 25.7 Å². The third-order valence-corrected chi connectivity index (χ3v) is 4.04. The van der Waals surface area contributed by atoms with E-state index < -0.39 is 0 Å². The molecule has 2 aliphatic rings. The van der Waals surface area contributed by atoms with Gasteiger partial charge in [0.2, 0.25) is 0 Å². The van der Waals surface area contributed by atoms with E-state index >= 15 is 0 Å². The van der Waals surface area contributed by atoms with Crippen molar-refractivity contribution < 1.29 is 4.79 Å². The third kappa shape index (κ3) is 3.06. The lowest BCUT2D eigenvalue weighted by Gasteiger charge is -2.28. The van der Waals surface area contributed by atoms with E-state index in [-0.39, 0.29) is 6.03 Å². The second-order valence-electron chi connectivity index (χ2n) is 5.63. The third-order valence-electron chi connectivity index (χ3n) is 4.04. The van der Waals surface area contributed by atoms with Crippen LogP contribution in [0.2, 0.25) is 0 Å². The minimum atomic E-state index is 0.0255. The Hall–Kier alpha value is -1.58. The lowest BCUT2D eigenvalue weighted by Crippen LogP contribution is -2.46. The highest BCUT2D eigenvalue weighted by atomic mass is 16.2. The molecular weight excluding hydrogens is 238 g/mol. The van der Waals surface area contributed by atoms with E-state index in [2.05, 4.69) is 10.3 Å². The number of aromatic nitrogens is 1. The number of hydrogen-bond acceptors (Lipinski definition) is 2. The van der Waals surface area contributed by atoms with Crippen molar-refractivity contribution in [2.24, 2.45) is 5.92 Å². The van der Waals surface area contributed by atoms with Crippen molar-refractivity contribution in [3.8, 4) is 0 Å². The molecule has 4 heteroatoms. The molecule has 0 spiro atoms. The molecule has 0 bridgehead atoms. The molecule has 0 aliphatic heterocycles. The van der Waals surface area contributed by atoms with E-state index in [9.17, 15) is 4.79 Å². The van der Waals surface area contributed by atoms with Gasteiger partial charge in [0, 0.05) is 18.8 Å². The quantitative estimate of drug-likeness (QED) is 0.903. The highest BCUT2D eigenvalue weighted by Crippen LogP contribution is 2.29. The largest absolute Gasteiger partial charge is 0.337 e. The number of carbonyl (C=O) groups excluding carboxylic acids is 1. The molecule has 2 saturated carbocycles. The predicted octanol–water partition coefficient (Wildman–Crippen LogP) is 2.95. The van der Waals surface area contributed by atoms with Crippen LogP contribution in [-0.2, 0) is 0 Å². The fourth-order valence-corrected chi connectivity index (χ4v) is 2.75. The molecule has 0 saturated heterocycles. The van der Waals surface area contributed by atoms with Crippen LogP contribution in [0.1, 0.15) is 38.5 Å². The van der Waals surface area contributed by atoms with Gasteiger partial charge in [-0.3, -0.25) is 4.90 Å². The summed E-state index contributed by atoms with van der Waals surface area (Å²) in [6.07, 6.45) is 8.88. The van der Waals surface area contributed by atoms with Crippen LogP contribution in [0.4, 0.5) is 10.6 Å². The Morgan fingerprint density at radius 3 is 2.68 bits per heavy atom. The summed E-state index contributed by atoms with van der Waals surface area (Å²) >= 11 is 0. The summed E-state index contributed by atoms with van der Waals surface area (Å²) < 4.78 is 0. The number of amides is 2. The zero-order valence-electron chi connectivity index (χ0n) is 11.2. The van der Waals surface area contributed by atoms with E-state index in [1.54, 1.807) is 6.20 Å². The smallest absolute Gasteiger partial charge is 0.323 e. The summed E-state index contributed by atoms with van der Waals surface area (Å²) in [6, 6.07) is 6.10. The summed E-state index contributed by atoms with van der Waals surface area (Å²) in [6.45, 7) is 0.814. The maximum atomic E-state index is 12.4.